The minimum atomic E-state index is -0.207. The third-order valence-corrected chi connectivity index (χ3v) is 3.88. The Morgan fingerprint density at radius 1 is 1.16 bits per heavy atom. The van der Waals surface area contributed by atoms with Gasteiger partial charge in [-0.3, -0.25) is 0 Å². The predicted molar refractivity (Wildman–Crippen MR) is 76.1 cm³/mol. The fourth-order valence-corrected chi connectivity index (χ4v) is 2.92. The summed E-state index contributed by atoms with van der Waals surface area (Å²) in [6.07, 6.45) is 5.13. The average Bonchev–Trinajstić information content (AvgIpc) is 2.65. The van der Waals surface area contributed by atoms with Crippen LogP contribution >= 0.6 is 12.2 Å². The van der Waals surface area contributed by atoms with Crippen LogP contribution in [0, 0.1) is 0 Å². The van der Waals surface area contributed by atoms with Gasteiger partial charge in [0.05, 0.1) is 0 Å². The van der Waals surface area contributed by atoms with Crippen molar-refractivity contribution in [2.75, 3.05) is 0 Å². The van der Waals surface area contributed by atoms with E-state index in [1.165, 1.54) is 6.42 Å². The Balaban J connectivity index is 2.21. The van der Waals surface area contributed by atoms with Crippen LogP contribution in [0.4, 0.5) is 0 Å². The van der Waals surface area contributed by atoms with Crippen LogP contribution in [0.1, 0.15) is 30.4 Å². The average molecular weight is 277 g/mol. The molecule has 0 unspecified atom stereocenters. The van der Waals surface area contributed by atoms with Crippen molar-refractivity contribution < 1.29 is 8.60 Å². The smallest absolute Gasteiger partial charge is 0.339 e. The maximum Gasteiger partial charge on any atom is 0.339 e. The van der Waals surface area contributed by atoms with E-state index in [0.717, 1.165) is 54.4 Å². The molecule has 1 aromatic heterocycles. The van der Waals surface area contributed by atoms with Crippen LogP contribution in [0.5, 0.6) is 5.75 Å². The molecule has 2 aromatic rings. The molecule has 1 aliphatic rings. The second-order valence-electron chi connectivity index (χ2n) is 4.74. The van der Waals surface area contributed by atoms with E-state index in [0.29, 0.717) is 11.3 Å². The monoisotopic (exact) mass is 277 g/mol. The summed E-state index contributed by atoms with van der Waals surface area (Å²) >= 11 is 0.780. The molecule has 1 aromatic carbocycles. The van der Waals surface area contributed by atoms with Crippen LogP contribution in [0.25, 0.3) is 11.0 Å². The molecular weight excluding hydrogens is 262 g/mol. The Labute approximate surface area is 115 Å². The Bertz CT molecular complexity index is 666. The lowest BCUT2D eigenvalue weighted by Gasteiger charge is -2.09. The summed E-state index contributed by atoms with van der Waals surface area (Å²) in [7, 11) is 0. The second-order valence-corrected chi connectivity index (χ2v) is 5.10. The molecule has 0 saturated heterocycles. The van der Waals surface area contributed by atoms with Crippen molar-refractivity contribution in [1.82, 2.24) is 0 Å². The van der Waals surface area contributed by atoms with E-state index in [9.17, 15) is 4.79 Å². The highest BCUT2D eigenvalue weighted by molar-refractivity contribution is 7.92. The third kappa shape index (κ3) is 2.35. The zero-order valence-corrected chi connectivity index (χ0v) is 11.3. The van der Waals surface area contributed by atoms with Gasteiger partial charge in [0.1, 0.15) is 23.6 Å². The summed E-state index contributed by atoms with van der Waals surface area (Å²) in [5.74, 6) is 0.594. The summed E-state index contributed by atoms with van der Waals surface area (Å²) in [6.45, 7) is 0. The first-order valence-electron chi connectivity index (χ1n) is 6.41. The van der Waals surface area contributed by atoms with Crippen molar-refractivity contribution in [3.63, 3.8) is 0 Å². The molecule has 0 radical (unpaired) electrons. The molecule has 2 N–H and O–H groups in total. The first-order valence-corrected chi connectivity index (χ1v) is 7.22. The highest BCUT2D eigenvalue weighted by Crippen LogP contribution is 2.29. The Hall–Kier alpha value is -1.46. The summed E-state index contributed by atoms with van der Waals surface area (Å²) < 4.78 is 10.6. The molecule has 0 atom stereocenters. The van der Waals surface area contributed by atoms with Gasteiger partial charge < -0.3 is 8.60 Å². The quantitative estimate of drug-likeness (QED) is 0.395. The van der Waals surface area contributed by atoms with Crippen molar-refractivity contribution in [1.29, 1.82) is 0 Å². The van der Waals surface area contributed by atoms with E-state index in [4.69, 9.17) is 13.7 Å². The summed E-state index contributed by atoms with van der Waals surface area (Å²) in [4.78, 5) is 12.1. The molecule has 0 aliphatic heterocycles. The predicted octanol–water partition coefficient (Wildman–Crippen LogP) is 2.96. The highest BCUT2D eigenvalue weighted by atomic mass is 32.2. The number of hydrogen-bond acceptors (Lipinski definition) is 5. The van der Waals surface area contributed by atoms with Gasteiger partial charge in [-0.2, -0.15) is 0 Å². The molecule has 0 saturated carbocycles. The van der Waals surface area contributed by atoms with Crippen LogP contribution in [-0.4, -0.2) is 0 Å². The standard InChI is InChI=1S/C14H15NO3S/c15-19-18-9-6-7-11-10-4-2-1-3-5-12(10)14(16)17-13(11)8-9/h6-8H,1-5,15H2. The summed E-state index contributed by atoms with van der Waals surface area (Å²) in [6, 6.07) is 5.53. The van der Waals surface area contributed by atoms with Crippen molar-refractivity contribution >= 4 is 23.2 Å². The fourth-order valence-electron chi connectivity index (χ4n) is 2.71. The van der Waals surface area contributed by atoms with Gasteiger partial charge in [0.15, 0.2) is 0 Å². The van der Waals surface area contributed by atoms with Gasteiger partial charge in [-0.15, -0.1) is 0 Å². The summed E-state index contributed by atoms with van der Waals surface area (Å²) in [5.41, 5.74) is 2.38. The lowest BCUT2D eigenvalue weighted by molar-refractivity contribution is 0.544. The van der Waals surface area contributed by atoms with Crippen LogP contribution in [0.15, 0.2) is 27.4 Å². The molecule has 100 valence electrons. The van der Waals surface area contributed by atoms with Gasteiger partial charge in [-0.05, 0) is 43.4 Å². The zero-order chi connectivity index (χ0) is 13.2. The van der Waals surface area contributed by atoms with Gasteiger partial charge in [0.2, 0.25) is 0 Å². The Morgan fingerprint density at radius 2 is 1.95 bits per heavy atom. The van der Waals surface area contributed by atoms with E-state index in [-0.39, 0.29) is 5.63 Å². The SMILES string of the molecule is NSOc1ccc2c3c(c(=O)oc2c1)CCCCC3. The highest BCUT2D eigenvalue weighted by Gasteiger charge is 2.17. The molecule has 19 heavy (non-hydrogen) atoms. The van der Waals surface area contributed by atoms with Crippen molar-refractivity contribution in [3.05, 3.63) is 39.7 Å². The molecular formula is C14H15NO3S. The van der Waals surface area contributed by atoms with E-state index >= 15 is 0 Å². The van der Waals surface area contributed by atoms with Crippen LogP contribution in [0.3, 0.4) is 0 Å². The van der Waals surface area contributed by atoms with Crippen LogP contribution in [0.2, 0.25) is 0 Å². The number of hydrogen-bond donors (Lipinski definition) is 1. The Morgan fingerprint density at radius 3 is 2.74 bits per heavy atom. The first-order chi connectivity index (χ1) is 9.29. The molecule has 1 aliphatic carbocycles. The number of fused-ring (bicyclic) bond motifs is 3. The topological polar surface area (TPSA) is 65.5 Å². The van der Waals surface area contributed by atoms with Gasteiger partial charge in [-0.25, -0.2) is 9.93 Å². The number of benzene rings is 1. The normalized spacial score (nSPS) is 15.0. The van der Waals surface area contributed by atoms with Gasteiger partial charge in [-0.1, -0.05) is 6.42 Å². The lowest BCUT2D eigenvalue weighted by atomic mass is 10.0. The molecule has 0 bridgehead atoms. The molecule has 3 rings (SSSR count). The molecule has 0 fully saturated rings. The Kier molecular flexibility index (Phi) is 3.48. The zero-order valence-electron chi connectivity index (χ0n) is 10.5. The van der Waals surface area contributed by atoms with E-state index < -0.39 is 0 Å². The van der Waals surface area contributed by atoms with Gasteiger partial charge in [0, 0.05) is 17.0 Å². The van der Waals surface area contributed by atoms with E-state index in [1.54, 1.807) is 6.07 Å². The van der Waals surface area contributed by atoms with Crippen molar-refractivity contribution in [2.45, 2.75) is 32.1 Å². The lowest BCUT2D eigenvalue weighted by Crippen LogP contribution is -2.10. The molecule has 5 heteroatoms. The first kappa shape index (κ1) is 12.6. The van der Waals surface area contributed by atoms with Gasteiger partial charge >= 0.3 is 5.63 Å². The number of nitrogens with two attached hydrogens (primary N) is 1. The van der Waals surface area contributed by atoms with Gasteiger partial charge in [0.25, 0.3) is 0 Å². The maximum atomic E-state index is 12.1. The van der Waals surface area contributed by atoms with E-state index in [1.807, 2.05) is 12.1 Å². The number of aryl methyl sites for hydroxylation is 1. The maximum absolute atomic E-state index is 12.1. The largest absolute Gasteiger partial charge is 0.422 e. The summed E-state index contributed by atoms with van der Waals surface area (Å²) in [5, 5.41) is 6.29. The van der Waals surface area contributed by atoms with E-state index in [2.05, 4.69) is 0 Å². The molecule has 4 nitrogen and oxygen atoms in total. The van der Waals surface area contributed by atoms with Crippen molar-refractivity contribution in [3.8, 4) is 5.75 Å². The molecule has 0 amide bonds. The van der Waals surface area contributed by atoms with Crippen LogP contribution in [-0.2, 0) is 12.8 Å². The minimum absolute atomic E-state index is 0.207. The van der Waals surface area contributed by atoms with Crippen molar-refractivity contribution in [2.24, 2.45) is 5.14 Å². The third-order valence-electron chi connectivity index (χ3n) is 3.59. The second kappa shape index (κ2) is 5.27. The fraction of sp³-hybridized carbons (Fsp3) is 0.357. The molecule has 1 heterocycles. The van der Waals surface area contributed by atoms with Crippen LogP contribution < -0.4 is 14.9 Å². The minimum Gasteiger partial charge on any atom is -0.422 e. The number of rotatable bonds is 2. The molecule has 0 spiro atoms.